The zero-order valence-electron chi connectivity index (χ0n) is 6.91. The summed E-state index contributed by atoms with van der Waals surface area (Å²) >= 11 is 0. The van der Waals surface area contributed by atoms with E-state index in [2.05, 4.69) is 5.32 Å². The van der Waals surface area contributed by atoms with Gasteiger partial charge in [0.1, 0.15) is 6.17 Å². The summed E-state index contributed by atoms with van der Waals surface area (Å²) in [4.78, 5) is 0. The third kappa shape index (κ3) is 1.41. The highest BCUT2D eigenvalue weighted by molar-refractivity contribution is 4.92. The van der Waals surface area contributed by atoms with Crippen LogP contribution < -0.4 is 5.32 Å². The number of halogens is 1. The van der Waals surface area contributed by atoms with Crippen LogP contribution in [0.5, 0.6) is 0 Å². The Hall–Kier alpha value is -0.110. The average molecular weight is 157 g/mol. The summed E-state index contributed by atoms with van der Waals surface area (Å²) in [6, 6.07) is 0. The van der Waals surface area contributed by atoms with Gasteiger partial charge in [-0.05, 0) is 44.1 Å². The molecule has 0 aromatic rings. The van der Waals surface area contributed by atoms with Crippen LogP contribution in [0.2, 0.25) is 0 Å². The van der Waals surface area contributed by atoms with Gasteiger partial charge >= 0.3 is 0 Å². The van der Waals surface area contributed by atoms with Gasteiger partial charge in [0.15, 0.2) is 0 Å². The highest BCUT2D eigenvalue weighted by atomic mass is 19.1. The van der Waals surface area contributed by atoms with Crippen molar-refractivity contribution in [3.05, 3.63) is 0 Å². The summed E-state index contributed by atoms with van der Waals surface area (Å²) in [5, 5.41) is 3.37. The Bertz CT molecular complexity index is 135. The van der Waals surface area contributed by atoms with Gasteiger partial charge in [-0.2, -0.15) is 0 Å². The van der Waals surface area contributed by atoms with Gasteiger partial charge < -0.3 is 5.32 Å². The Balaban J connectivity index is 1.98. The summed E-state index contributed by atoms with van der Waals surface area (Å²) in [6.45, 7) is 2.20. The van der Waals surface area contributed by atoms with Crippen LogP contribution in [0.25, 0.3) is 0 Å². The van der Waals surface area contributed by atoms with Gasteiger partial charge in [-0.1, -0.05) is 0 Å². The van der Waals surface area contributed by atoms with Gasteiger partial charge in [0.25, 0.3) is 0 Å². The third-order valence-corrected chi connectivity index (χ3v) is 3.20. The molecule has 1 heterocycles. The topological polar surface area (TPSA) is 12.0 Å². The summed E-state index contributed by atoms with van der Waals surface area (Å²) in [6.07, 6.45) is 4.73. The molecule has 0 aromatic heterocycles. The smallest absolute Gasteiger partial charge is 0.101 e. The molecule has 2 heteroatoms. The van der Waals surface area contributed by atoms with Crippen molar-refractivity contribution in [1.29, 1.82) is 0 Å². The van der Waals surface area contributed by atoms with Gasteiger partial charge in [-0.25, -0.2) is 4.39 Å². The Morgan fingerprint density at radius 2 is 2.27 bits per heavy atom. The van der Waals surface area contributed by atoms with Crippen molar-refractivity contribution < 1.29 is 4.39 Å². The highest BCUT2D eigenvalue weighted by Crippen LogP contribution is 2.43. The number of rotatable bonds is 0. The average Bonchev–Trinajstić information content (AvgIpc) is 2.34. The Morgan fingerprint density at radius 3 is 2.82 bits per heavy atom. The van der Waals surface area contributed by atoms with Crippen molar-refractivity contribution >= 4 is 0 Å². The molecule has 1 spiro atoms. The SMILES string of the molecule is FC1CCC2(CCCNC2)C1. The molecule has 0 bridgehead atoms. The molecule has 1 nitrogen and oxygen atoms in total. The van der Waals surface area contributed by atoms with Crippen molar-refractivity contribution in [1.82, 2.24) is 5.32 Å². The molecule has 64 valence electrons. The van der Waals surface area contributed by atoms with Gasteiger partial charge in [0.05, 0.1) is 0 Å². The minimum atomic E-state index is -0.505. The summed E-state index contributed by atoms with van der Waals surface area (Å²) < 4.78 is 12.9. The van der Waals surface area contributed by atoms with E-state index in [0.29, 0.717) is 5.41 Å². The number of piperidine rings is 1. The fourth-order valence-electron chi connectivity index (χ4n) is 2.55. The summed E-state index contributed by atoms with van der Waals surface area (Å²) in [5.74, 6) is 0. The van der Waals surface area contributed by atoms with Crippen LogP contribution in [0.3, 0.4) is 0 Å². The van der Waals surface area contributed by atoms with Crippen LogP contribution in [0.1, 0.15) is 32.1 Å². The van der Waals surface area contributed by atoms with E-state index in [0.717, 1.165) is 32.4 Å². The first-order valence-electron chi connectivity index (χ1n) is 4.66. The van der Waals surface area contributed by atoms with Crippen molar-refractivity contribution in [3.63, 3.8) is 0 Å². The molecule has 1 N–H and O–H groups in total. The monoisotopic (exact) mass is 157 g/mol. The lowest BCUT2D eigenvalue weighted by molar-refractivity contribution is 0.197. The van der Waals surface area contributed by atoms with Crippen LogP contribution in [0, 0.1) is 5.41 Å². The molecule has 2 aliphatic rings. The number of hydrogen-bond donors (Lipinski definition) is 1. The molecule has 0 amide bonds. The lowest BCUT2D eigenvalue weighted by Crippen LogP contribution is -2.38. The molecule has 1 saturated carbocycles. The fraction of sp³-hybridized carbons (Fsp3) is 1.00. The van der Waals surface area contributed by atoms with Gasteiger partial charge in [-0.15, -0.1) is 0 Å². The molecule has 11 heavy (non-hydrogen) atoms. The fourth-order valence-corrected chi connectivity index (χ4v) is 2.55. The first-order valence-corrected chi connectivity index (χ1v) is 4.66. The largest absolute Gasteiger partial charge is 0.316 e. The van der Waals surface area contributed by atoms with Crippen LogP contribution in [0.4, 0.5) is 4.39 Å². The van der Waals surface area contributed by atoms with E-state index in [9.17, 15) is 4.39 Å². The molecule has 1 aliphatic carbocycles. The zero-order valence-corrected chi connectivity index (χ0v) is 6.91. The predicted molar refractivity (Wildman–Crippen MR) is 43.3 cm³/mol. The second kappa shape index (κ2) is 2.74. The van der Waals surface area contributed by atoms with Crippen molar-refractivity contribution in [2.75, 3.05) is 13.1 Å². The number of hydrogen-bond acceptors (Lipinski definition) is 1. The minimum Gasteiger partial charge on any atom is -0.316 e. The molecular formula is C9H16FN. The molecule has 1 saturated heterocycles. The Labute approximate surface area is 67.4 Å². The molecule has 1 aliphatic heterocycles. The molecule has 2 unspecified atom stereocenters. The molecule has 2 fully saturated rings. The standard InChI is InChI=1S/C9H16FN/c10-8-2-4-9(6-8)3-1-5-11-7-9/h8,11H,1-7H2. The maximum atomic E-state index is 12.9. The number of alkyl halides is 1. The second-order valence-electron chi connectivity index (χ2n) is 4.12. The predicted octanol–water partition coefficient (Wildman–Crippen LogP) is 1.88. The molecule has 2 atom stereocenters. The first kappa shape index (κ1) is 7.53. The molecular weight excluding hydrogens is 141 g/mol. The minimum absolute atomic E-state index is 0.359. The van der Waals surface area contributed by atoms with Gasteiger partial charge in [0.2, 0.25) is 0 Å². The van der Waals surface area contributed by atoms with Crippen molar-refractivity contribution in [2.45, 2.75) is 38.3 Å². The van der Waals surface area contributed by atoms with E-state index in [-0.39, 0.29) is 0 Å². The van der Waals surface area contributed by atoms with E-state index >= 15 is 0 Å². The van der Waals surface area contributed by atoms with Crippen LogP contribution in [-0.2, 0) is 0 Å². The molecule has 0 radical (unpaired) electrons. The third-order valence-electron chi connectivity index (χ3n) is 3.20. The zero-order chi connectivity index (χ0) is 7.73. The highest BCUT2D eigenvalue weighted by Gasteiger charge is 2.39. The molecule has 0 aromatic carbocycles. The van der Waals surface area contributed by atoms with Crippen molar-refractivity contribution in [3.8, 4) is 0 Å². The van der Waals surface area contributed by atoms with E-state index in [1.165, 1.54) is 12.8 Å². The lowest BCUT2D eigenvalue weighted by Gasteiger charge is -2.33. The number of nitrogens with one attached hydrogen (secondary N) is 1. The molecule has 2 rings (SSSR count). The Kier molecular flexibility index (Phi) is 1.88. The summed E-state index contributed by atoms with van der Waals surface area (Å²) in [7, 11) is 0. The van der Waals surface area contributed by atoms with Crippen molar-refractivity contribution in [2.24, 2.45) is 5.41 Å². The quantitative estimate of drug-likeness (QED) is 0.566. The maximum absolute atomic E-state index is 12.9. The van der Waals surface area contributed by atoms with E-state index in [1.54, 1.807) is 0 Å². The van der Waals surface area contributed by atoms with Crippen LogP contribution in [-0.4, -0.2) is 19.3 Å². The van der Waals surface area contributed by atoms with Gasteiger partial charge in [0, 0.05) is 6.54 Å². The van der Waals surface area contributed by atoms with E-state index < -0.39 is 6.17 Å². The normalized spacial score (nSPS) is 45.0. The van der Waals surface area contributed by atoms with Crippen LogP contribution >= 0.6 is 0 Å². The summed E-state index contributed by atoms with van der Waals surface area (Å²) in [5.41, 5.74) is 0.359. The second-order valence-corrected chi connectivity index (χ2v) is 4.12. The van der Waals surface area contributed by atoms with Crippen LogP contribution in [0.15, 0.2) is 0 Å². The Morgan fingerprint density at radius 1 is 1.36 bits per heavy atom. The lowest BCUT2D eigenvalue weighted by atomic mass is 9.79. The first-order chi connectivity index (χ1) is 5.31. The van der Waals surface area contributed by atoms with E-state index in [1.807, 2.05) is 0 Å². The van der Waals surface area contributed by atoms with E-state index in [4.69, 9.17) is 0 Å². The van der Waals surface area contributed by atoms with Gasteiger partial charge in [-0.3, -0.25) is 0 Å². The maximum Gasteiger partial charge on any atom is 0.101 e.